The average molecular weight is 358 g/mol. The van der Waals surface area contributed by atoms with Gasteiger partial charge in [-0.1, -0.05) is 6.92 Å². The number of aromatic nitrogens is 2. The minimum Gasteiger partial charge on any atom is -0.481 e. The highest BCUT2D eigenvalue weighted by Crippen LogP contribution is 2.48. The standard InChI is InChI=1S/C16H23FN2O6/c1-9(12(21)22)5-4-6-10-16(3,24)15(2,17)13(25-10)19-8-7-11(20)18-14(19)23/h7-10,13,24H,4-6H2,1-3H3,(H,21,22)(H,18,20,23)/t9?,10-,13+,15+,16-/m1/s1. The molecule has 1 aromatic rings. The minimum atomic E-state index is -2.29. The van der Waals surface area contributed by atoms with Gasteiger partial charge in [0.15, 0.2) is 11.9 Å². The highest BCUT2D eigenvalue weighted by atomic mass is 19.1. The maximum Gasteiger partial charge on any atom is 0.330 e. The Balaban J connectivity index is 2.20. The molecule has 0 bridgehead atoms. The summed E-state index contributed by atoms with van der Waals surface area (Å²) in [6.45, 7) is 3.99. The Bertz CT molecular complexity index is 753. The molecule has 1 unspecified atom stereocenters. The van der Waals surface area contributed by atoms with E-state index in [4.69, 9.17) is 9.84 Å². The van der Waals surface area contributed by atoms with Crippen LogP contribution in [-0.2, 0) is 9.53 Å². The number of hydrogen-bond donors (Lipinski definition) is 3. The second-order valence-corrected chi connectivity index (χ2v) is 6.89. The first-order valence-electron chi connectivity index (χ1n) is 8.09. The van der Waals surface area contributed by atoms with Crippen molar-refractivity contribution in [2.45, 2.75) is 63.6 Å². The predicted octanol–water partition coefficient (Wildman–Crippen LogP) is 0.804. The number of carbonyl (C=O) groups is 1. The molecule has 1 fully saturated rings. The summed E-state index contributed by atoms with van der Waals surface area (Å²) in [5, 5.41) is 19.5. The number of carboxylic acids is 1. The number of carboxylic acid groups (broad SMARTS) is 1. The van der Waals surface area contributed by atoms with Gasteiger partial charge in [0.2, 0.25) is 0 Å². The smallest absolute Gasteiger partial charge is 0.330 e. The van der Waals surface area contributed by atoms with Gasteiger partial charge in [-0.05, 0) is 33.1 Å². The molecule has 1 aliphatic heterocycles. The summed E-state index contributed by atoms with van der Waals surface area (Å²) in [5.74, 6) is -1.48. The zero-order chi connectivity index (χ0) is 19.0. The van der Waals surface area contributed by atoms with E-state index in [1.165, 1.54) is 6.92 Å². The van der Waals surface area contributed by atoms with Crippen LogP contribution in [-0.4, -0.2) is 43.1 Å². The molecule has 0 spiro atoms. The number of alkyl halides is 1. The lowest BCUT2D eigenvalue weighted by Crippen LogP contribution is -2.52. The third-order valence-corrected chi connectivity index (χ3v) is 5.00. The van der Waals surface area contributed by atoms with Gasteiger partial charge >= 0.3 is 11.7 Å². The SMILES string of the molecule is CC(CCC[C@H]1O[C@H](n2ccc(=O)[nH]c2=O)[C@](C)(F)[C@]1(C)O)C(=O)O. The molecule has 25 heavy (non-hydrogen) atoms. The largest absolute Gasteiger partial charge is 0.481 e. The first-order chi connectivity index (χ1) is 11.5. The van der Waals surface area contributed by atoms with Crippen LogP contribution < -0.4 is 11.2 Å². The Labute approximate surface area is 143 Å². The molecule has 9 heteroatoms. The molecule has 1 aliphatic rings. The Morgan fingerprint density at radius 2 is 2.12 bits per heavy atom. The van der Waals surface area contributed by atoms with Gasteiger partial charge in [0.1, 0.15) is 5.60 Å². The number of H-pyrrole nitrogens is 1. The summed E-state index contributed by atoms with van der Waals surface area (Å²) in [7, 11) is 0. The van der Waals surface area contributed by atoms with Crippen LogP contribution in [0.15, 0.2) is 21.9 Å². The Morgan fingerprint density at radius 3 is 2.68 bits per heavy atom. The van der Waals surface area contributed by atoms with Crippen LogP contribution in [0.1, 0.15) is 46.3 Å². The van der Waals surface area contributed by atoms with E-state index in [9.17, 15) is 19.5 Å². The fourth-order valence-corrected chi connectivity index (χ4v) is 3.00. The minimum absolute atomic E-state index is 0.235. The lowest BCUT2D eigenvalue weighted by Gasteiger charge is -2.33. The van der Waals surface area contributed by atoms with Crippen molar-refractivity contribution in [2.75, 3.05) is 0 Å². The van der Waals surface area contributed by atoms with Gasteiger partial charge in [0.25, 0.3) is 5.56 Å². The molecule has 2 heterocycles. The third kappa shape index (κ3) is 3.52. The van der Waals surface area contributed by atoms with Gasteiger partial charge in [0.05, 0.1) is 12.0 Å². The van der Waals surface area contributed by atoms with E-state index >= 15 is 4.39 Å². The number of aliphatic hydroxyl groups is 1. The van der Waals surface area contributed by atoms with E-state index in [1.807, 2.05) is 4.98 Å². The fraction of sp³-hybridized carbons (Fsp3) is 0.688. The van der Waals surface area contributed by atoms with Crippen LogP contribution in [0, 0.1) is 5.92 Å². The van der Waals surface area contributed by atoms with Crippen LogP contribution in [0.25, 0.3) is 0 Å². The van der Waals surface area contributed by atoms with Crippen LogP contribution in [0.5, 0.6) is 0 Å². The molecule has 0 aromatic carbocycles. The highest BCUT2D eigenvalue weighted by molar-refractivity contribution is 5.69. The van der Waals surface area contributed by atoms with Crippen LogP contribution in [0.2, 0.25) is 0 Å². The molecule has 5 atom stereocenters. The number of aliphatic carboxylic acids is 1. The van der Waals surface area contributed by atoms with Crippen molar-refractivity contribution in [1.29, 1.82) is 0 Å². The molecule has 0 saturated carbocycles. The lowest BCUT2D eigenvalue weighted by atomic mass is 9.82. The summed E-state index contributed by atoms with van der Waals surface area (Å²) in [6, 6.07) is 1.07. The maximum absolute atomic E-state index is 15.3. The molecule has 0 amide bonds. The number of nitrogens with zero attached hydrogens (tertiary/aromatic N) is 1. The number of halogens is 1. The van der Waals surface area contributed by atoms with Gasteiger partial charge in [-0.25, -0.2) is 9.18 Å². The monoisotopic (exact) mass is 358 g/mol. The number of ether oxygens (including phenoxy) is 1. The third-order valence-electron chi connectivity index (χ3n) is 5.00. The molecular formula is C16H23FN2O6. The maximum atomic E-state index is 15.3. The normalized spacial score (nSPS) is 33.3. The van der Waals surface area contributed by atoms with Crippen molar-refractivity contribution in [2.24, 2.45) is 5.92 Å². The Morgan fingerprint density at radius 1 is 1.48 bits per heavy atom. The predicted molar refractivity (Wildman–Crippen MR) is 86.0 cm³/mol. The van der Waals surface area contributed by atoms with Crippen molar-refractivity contribution < 1.29 is 24.1 Å². The van der Waals surface area contributed by atoms with Crippen LogP contribution >= 0.6 is 0 Å². The average Bonchev–Trinajstić information content (AvgIpc) is 2.67. The molecule has 1 saturated heterocycles. The zero-order valence-electron chi connectivity index (χ0n) is 14.4. The summed E-state index contributed by atoms with van der Waals surface area (Å²) < 4.78 is 21.8. The highest BCUT2D eigenvalue weighted by Gasteiger charge is 2.62. The molecule has 2 rings (SSSR count). The van der Waals surface area contributed by atoms with E-state index in [2.05, 4.69) is 0 Å². The second-order valence-electron chi connectivity index (χ2n) is 6.89. The summed E-state index contributed by atoms with van der Waals surface area (Å²) in [5.41, 5.74) is -5.64. The summed E-state index contributed by atoms with van der Waals surface area (Å²) >= 11 is 0. The van der Waals surface area contributed by atoms with E-state index in [1.54, 1.807) is 6.92 Å². The molecule has 140 valence electrons. The van der Waals surface area contributed by atoms with Crippen molar-refractivity contribution in [1.82, 2.24) is 9.55 Å². The van der Waals surface area contributed by atoms with Crippen LogP contribution in [0.4, 0.5) is 4.39 Å². The molecule has 0 aliphatic carbocycles. The summed E-state index contributed by atoms with van der Waals surface area (Å²) in [6.07, 6.45) is -0.205. The van der Waals surface area contributed by atoms with Crippen LogP contribution in [0.3, 0.4) is 0 Å². The van der Waals surface area contributed by atoms with E-state index in [0.717, 1.165) is 23.8 Å². The topological polar surface area (TPSA) is 122 Å². The van der Waals surface area contributed by atoms with Gasteiger partial charge in [-0.3, -0.25) is 19.1 Å². The van der Waals surface area contributed by atoms with E-state index < -0.39 is 46.7 Å². The Hall–Kier alpha value is -2.00. The van der Waals surface area contributed by atoms with E-state index in [0.29, 0.717) is 12.8 Å². The van der Waals surface area contributed by atoms with Crippen molar-refractivity contribution in [3.63, 3.8) is 0 Å². The van der Waals surface area contributed by atoms with Crippen molar-refractivity contribution >= 4 is 5.97 Å². The number of nitrogens with one attached hydrogen (secondary N) is 1. The zero-order valence-corrected chi connectivity index (χ0v) is 14.4. The Kier molecular flexibility index (Phi) is 5.19. The molecule has 0 radical (unpaired) electrons. The van der Waals surface area contributed by atoms with Gasteiger partial charge < -0.3 is 14.9 Å². The lowest BCUT2D eigenvalue weighted by molar-refractivity contribution is -0.141. The van der Waals surface area contributed by atoms with Crippen molar-refractivity contribution in [3.05, 3.63) is 33.1 Å². The van der Waals surface area contributed by atoms with Crippen molar-refractivity contribution in [3.8, 4) is 0 Å². The molecular weight excluding hydrogens is 335 g/mol. The number of hydrogen-bond acceptors (Lipinski definition) is 5. The van der Waals surface area contributed by atoms with E-state index in [-0.39, 0.29) is 6.42 Å². The molecule has 3 N–H and O–H groups in total. The first kappa shape index (κ1) is 19.3. The number of rotatable bonds is 6. The fourth-order valence-electron chi connectivity index (χ4n) is 3.00. The second kappa shape index (κ2) is 6.72. The summed E-state index contributed by atoms with van der Waals surface area (Å²) in [4.78, 5) is 36.0. The number of aromatic amines is 1. The van der Waals surface area contributed by atoms with Gasteiger partial charge in [0, 0.05) is 12.3 Å². The quantitative estimate of drug-likeness (QED) is 0.692. The first-order valence-corrected chi connectivity index (χ1v) is 8.09. The molecule has 8 nitrogen and oxygen atoms in total. The molecule has 1 aromatic heterocycles. The van der Waals surface area contributed by atoms with Gasteiger partial charge in [-0.2, -0.15) is 0 Å². The van der Waals surface area contributed by atoms with Gasteiger partial charge in [-0.15, -0.1) is 0 Å².